The van der Waals surface area contributed by atoms with Crippen LogP contribution in [0.5, 0.6) is 11.5 Å². The molecule has 0 radical (unpaired) electrons. The standard InChI is InChI=1S/C18H20N2O4/c21-10-7-14-13-23-11-9-20(14)18(22)17-12-16(6-8-19-17)24-15-4-2-1-3-5-15/h1-6,8,12,14,21H,7,9-11,13H2. The highest BCUT2D eigenvalue weighted by molar-refractivity contribution is 5.93. The van der Waals surface area contributed by atoms with Crippen LogP contribution in [0.2, 0.25) is 0 Å². The van der Waals surface area contributed by atoms with E-state index in [2.05, 4.69) is 4.98 Å². The first-order valence-corrected chi connectivity index (χ1v) is 7.96. The molecule has 0 bridgehead atoms. The van der Waals surface area contributed by atoms with Crippen LogP contribution in [-0.4, -0.2) is 53.3 Å². The summed E-state index contributed by atoms with van der Waals surface area (Å²) in [5, 5.41) is 9.17. The molecule has 3 rings (SSSR count). The summed E-state index contributed by atoms with van der Waals surface area (Å²) in [6.07, 6.45) is 2.05. The number of para-hydroxylation sites is 1. The Kier molecular flexibility index (Phi) is 5.40. The van der Waals surface area contributed by atoms with Gasteiger partial charge in [0.25, 0.3) is 5.91 Å². The van der Waals surface area contributed by atoms with Crippen LogP contribution < -0.4 is 4.74 Å². The number of carbonyl (C=O) groups is 1. The minimum Gasteiger partial charge on any atom is -0.457 e. The number of nitrogens with zero attached hydrogens (tertiary/aromatic N) is 2. The van der Waals surface area contributed by atoms with Crippen molar-refractivity contribution in [3.05, 3.63) is 54.4 Å². The maximum absolute atomic E-state index is 12.8. The first kappa shape index (κ1) is 16.4. The van der Waals surface area contributed by atoms with E-state index in [1.165, 1.54) is 0 Å². The van der Waals surface area contributed by atoms with Crippen molar-refractivity contribution in [2.24, 2.45) is 0 Å². The van der Waals surface area contributed by atoms with Gasteiger partial charge in [0.05, 0.1) is 19.3 Å². The highest BCUT2D eigenvalue weighted by Gasteiger charge is 2.28. The molecule has 0 aliphatic carbocycles. The molecule has 126 valence electrons. The quantitative estimate of drug-likeness (QED) is 0.910. The molecule has 1 N–H and O–H groups in total. The van der Waals surface area contributed by atoms with Crippen LogP contribution in [0.3, 0.4) is 0 Å². The molecule has 0 saturated carbocycles. The van der Waals surface area contributed by atoms with E-state index >= 15 is 0 Å². The minimum absolute atomic E-state index is 0.0163. The number of carbonyl (C=O) groups excluding carboxylic acids is 1. The molecule has 1 aromatic carbocycles. The predicted octanol–water partition coefficient (Wildman–Crippen LogP) is 2.10. The van der Waals surface area contributed by atoms with E-state index < -0.39 is 0 Å². The van der Waals surface area contributed by atoms with E-state index in [1.54, 1.807) is 23.2 Å². The third-order valence-electron chi connectivity index (χ3n) is 3.88. The van der Waals surface area contributed by atoms with E-state index in [9.17, 15) is 4.79 Å². The first-order valence-electron chi connectivity index (χ1n) is 7.96. The van der Waals surface area contributed by atoms with Crippen molar-refractivity contribution in [2.45, 2.75) is 12.5 Å². The van der Waals surface area contributed by atoms with Gasteiger partial charge in [-0.2, -0.15) is 0 Å². The molecule has 2 heterocycles. The lowest BCUT2D eigenvalue weighted by Gasteiger charge is -2.35. The molecule has 6 heteroatoms. The van der Waals surface area contributed by atoms with Crippen LogP contribution in [0.4, 0.5) is 0 Å². The number of benzene rings is 1. The Balaban J connectivity index is 1.76. The largest absolute Gasteiger partial charge is 0.457 e. The second-order valence-electron chi connectivity index (χ2n) is 5.53. The molecule has 1 saturated heterocycles. The first-order chi connectivity index (χ1) is 11.8. The molecule has 0 spiro atoms. The molecule has 1 fully saturated rings. The second-order valence-corrected chi connectivity index (χ2v) is 5.53. The van der Waals surface area contributed by atoms with Crippen molar-refractivity contribution < 1.29 is 19.4 Å². The summed E-state index contributed by atoms with van der Waals surface area (Å²) in [7, 11) is 0. The van der Waals surface area contributed by atoms with Gasteiger partial charge < -0.3 is 19.5 Å². The van der Waals surface area contributed by atoms with Gasteiger partial charge in [-0.3, -0.25) is 9.78 Å². The fraction of sp³-hybridized carbons (Fsp3) is 0.333. The Labute approximate surface area is 140 Å². The van der Waals surface area contributed by atoms with E-state index in [1.807, 2.05) is 30.3 Å². The van der Waals surface area contributed by atoms with Gasteiger partial charge in [0.2, 0.25) is 0 Å². The van der Waals surface area contributed by atoms with Crippen LogP contribution >= 0.6 is 0 Å². The maximum Gasteiger partial charge on any atom is 0.272 e. The number of pyridine rings is 1. The summed E-state index contributed by atoms with van der Waals surface area (Å²) in [5.41, 5.74) is 0.327. The van der Waals surface area contributed by atoms with Crippen LogP contribution in [0, 0.1) is 0 Å². The van der Waals surface area contributed by atoms with Gasteiger partial charge in [0.15, 0.2) is 0 Å². The van der Waals surface area contributed by atoms with Crippen LogP contribution in [-0.2, 0) is 4.74 Å². The number of hydrogen-bond donors (Lipinski definition) is 1. The van der Waals surface area contributed by atoms with Crippen molar-refractivity contribution in [1.29, 1.82) is 0 Å². The van der Waals surface area contributed by atoms with Crippen molar-refractivity contribution in [1.82, 2.24) is 9.88 Å². The average Bonchev–Trinajstić information content (AvgIpc) is 2.63. The summed E-state index contributed by atoms with van der Waals surface area (Å²) in [5.74, 6) is 1.09. The summed E-state index contributed by atoms with van der Waals surface area (Å²) < 4.78 is 11.2. The zero-order chi connectivity index (χ0) is 16.8. The molecule has 24 heavy (non-hydrogen) atoms. The molecule has 1 aromatic heterocycles. The van der Waals surface area contributed by atoms with Gasteiger partial charge in [-0.05, 0) is 24.6 Å². The highest BCUT2D eigenvalue weighted by atomic mass is 16.5. The summed E-state index contributed by atoms with van der Waals surface area (Å²) in [6, 6.07) is 12.6. The normalized spacial score (nSPS) is 17.5. The second kappa shape index (κ2) is 7.90. The molecule has 2 aromatic rings. The lowest BCUT2D eigenvalue weighted by molar-refractivity contribution is -0.00859. The lowest BCUT2D eigenvalue weighted by atomic mass is 10.1. The molecular weight excluding hydrogens is 308 g/mol. The molecule has 1 aliphatic heterocycles. The van der Waals surface area contributed by atoms with Crippen LogP contribution in [0.15, 0.2) is 48.7 Å². The zero-order valence-corrected chi connectivity index (χ0v) is 13.3. The molecule has 1 amide bonds. The van der Waals surface area contributed by atoms with Gasteiger partial charge in [0.1, 0.15) is 17.2 Å². The van der Waals surface area contributed by atoms with Gasteiger partial charge in [-0.15, -0.1) is 0 Å². The number of morpholine rings is 1. The summed E-state index contributed by atoms with van der Waals surface area (Å²) in [4.78, 5) is 18.7. The van der Waals surface area contributed by atoms with Crippen LogP contribution in [0.1, 0.15) is 16.9 Å². The lowest BCUT2D eigenvalue weighted by Crippen LogP contribution is -2.49. The van der Waals surface area contributed by atoms with E-state index in [0.29, 0.717) is 43.4 Å². The third kappa shape index (κ3) is 3.90. The van der Waals surface area contributed by atoms with Crippen LogP contribution in [0.25, 0.3) is 0 Å². The van der Waals surface area contributed by atoms with Crippen molar-refractivity contribution >= 4 is 5.91 Å². The van der Waals surface area contributed by atoms with Gasteiger partial charge in [-0.25, -0.2) is 0 Å². The molecule has 1 aliphatic rings. The topological polar surface area (TPSA) is 71.9 Å². The van der Waals surface area contributed by atoms with Gasteiger partial charge >= 0.3 is 0 Å². The Morgan fingerprint density at radius 1 is 1.29 bits per heavy atom. The van der Waals surface area contributed by atoms with Crippen molar-refractivity contribution in [2.75, 3.05) is 26.4 Å². The monoisotopic (exact) mass is 328 g/mol. The Morgan fingerprint density at radius 3 is 2.92 bits per heavy atom. The van der Waals surface area contributed by atoms with Crippen molar-refractivity contribution in [3.8, 4) is 11.5 Å². The van der Waals surface area contributed by atoms with E-state index in [0.717, 1.165) is 0 Å². The SMILES string of the molecule is O=C(c1cc(Oc2ccccc2)ccn1)N1CCOCC1CCO. The van der Waals surface area contributed by atoms with Crippen molar-refractivity contribution in [3.63, 3.8) is 0 Å². The Morgan fingerprint density at radius 2 is 2.12 bits per heavy atom. The number of aliphatic hydroxyl groups is 1. The fourth-order valence-electron chi connectivity index (χ4n) is 2.67. The average molecular weight is 328 g/mol. The summed E-state index contributed by atoms with van der Waals surface area (Å²) >= 11 is 0. The van der Waals surface area contributed by atoms with Gasteiger partial charge in [-0.1, -0.05) is 18.2 Å². The molecule has 1 unspecified atom stereocenters. The minimum atomic E-state index is -0.171. The number of amides is 1. The maximum atomic E-state index is 12.8. The number of ether oxygens (including phenoxy) is 2. The molecular formula is C18H20N2O4. The highest BCUT2D eigenvalue weighted by Crippen LogP contribution is 2.22. The Hall–Kier alpha value is -2.44. The fourth-order valence-corrected chi connectivity index (χ4v) is 2.67. The Bertz CT molecular complexity index is 676. The third-order valence-corrected chi connectivity index (χ3v) is 3.88. The number of rotatable bonds is 5. The van der Waals surface area contributed by atoms with E-state index in [4.69, 9.17) is 14.6 Å². The number of aromatic nitrogens is 1. The molecule has 6 nitrogen and oxygen atoms in total. The van der Waals surface area contributed by atoms with E-state index in [-0.39, 0.29) is 18.6 Å². The number of aliphatic hydroxyl groups excluding tert-OH is 1. The van der Waals surface area contributed by atoms with Gasteiger partial charge in [0, 0.05) is 25.4 Å². The molecule has 1 atom stereocenters. The summed E-state index contributed by atoms with van der Waals surface area (Å²) in [6.45, 7) is 1.44. The smallest absolute Gasteiger partial charge is 0.272 e. The zero-order valence-electron chi connectivity index (χ0n) is 13.3. The predicted molar refractivity (Wildman–Crippen MR) is 88.1 cm³/mol. The number of hydrogen-bond acceptors (Lipinski definition) is 5.